The normalized spacial score (nSPS) is 15.7. The van der Waals surface area contributed by atoms with Crippen molar-refractivity contribution in [3.63, 3.8) is 0 Å². The first-order chi connectivity index (χ1) is 16.9. The van der Waals surface area contributed by atoms with Crippen LogP contribution in [-0.4, -0.2) is 31.0 Å². The van der Waals surface area contributed by atoms with Crippen molar-refractivity contribution in [1.29, 1.82) is 0 Å². The molecule has 0 spiro atoms. The highest BCUT2D eigenvalue weighted by Gasteiger charge is 2.45. The summed E-state index contributed by atoms with van der Waals surface area (Å²) in [4.78, 5) is 28.6. The Morgan fingerprint density at radius 1 is 0.971 bits per heavy atom. The topological polar surface area (TPSA) is 89.2 Å². The summed E-state index contributed by atoms with van der Waals surface area (Å²) in [5.74, 6) is -0.821. The SMILES string of the molecule is COc1cccc(C2C(C(=O)c3cc4cccc(OC)c4o3)=C(O)C(=O)N2c2ccccc2C)c1. The van der Waals surface area contributed by atoms with E-state index in [0.29, 0.717) is 33.7 Å². The molecule has 7 heteroatoms. The van der Waals surface area contributed by atoms with Gasteiger partial charge in [-0.1, -0.05) is 42.5 Å². The van der Waals surface area contributed by atoms with E-state index in [0.717, 1.165) is 5.56 Å². The first-order valence-corrected chi connectivity index (χ1v) is 11.0. The number of fused-ring (bicyclic) bond motifs is 1. The van der Waals surface area contributed by atoms with Gasteiger partial charge < -0.3 is 19.0 Å². The number of hydrogen-bond acceptors (Lipinski definition) is 6. The van der Waals surface area contributed by atoms with Crippen molar-refractivity contribution in [2.75, 3.05) is 19.1 Å². The molecular formula is C28H23NO6. The van der Waals surface area contributed by atoms with Gasteiger partial charge in [-0.05, 0) is 48.4 Å². The maximum atomic E-state index is 13.8. The maximum absolute atomic E-state index is 13.8. The molecule has 5 rings (SSSR count). The van der Waals surface area contributed by atoms with Crippen LogP contribution in [0.15, 0.2) is 88.5 Å². The number of para-hydroxylation sites is 2. The van der Waals surface area contributed by atoms with Gasteiger partial charge in [-0.3, -0.25) is 14.5 Å². The molecule has 1 amide bonds. The van der Waals surface area contributed by atoms with Gasteiger partial charge >= 0.3 is 0 Å². The number of rotatable bonds is 6. The standard InChI is InChI=1S/C28H23NO6/c1-16-8-4-5-12-20(16)29-24(17-9-6-11-19(14-17)33-2)23(26(31)28(29)32)25(30)22-15-18-10-7-13-21(34-3)27(18)35-22/h4-15,24,31H,1-3H3. The van der Waals surface area contributed by atoms with Gasteiger partial charge in [0.1, 0.15) is 5.75 Å². The number of methoxy groups -OCH3 is 2. The zero-order valence-corrected chi connectivity index (χ0v) is 19.4. The molecule has 1 atom stereocenters. The van der Waals surface area contributed by atoms with Crippen LogP contribution in [0.25, 0.3) is 11.0 Å². The molecule has 35 heavy (non-hydrogen) atoms. The van der Waals surface area contributed by atoms with Crippen molar-refractivity contribution < 1.29 is 28.6 Å². The van der Waals surface area contributed by atoms with Gasteiger partial charge in [0.15, 0.2) is 22.9 Å². The summed E-state index contributed by atoms with van der Waals surface area (Å²) in [5.41, 5.74) is 2.37. The van der Waals surface area contributed by atoms with E-state index in [-0.39, 0.29) is 11.3 Å². The molecule has 3 aromatic carbocycles. The number of aliphatic hydroxyl groups is 1. The van der Waals surface area contributed by atoms with Crippen LogP contribution in [0.3, 0.4) is 0 Å². The highest BCUT2D eigenvalue weighted by atomic mass is 16.5. The number of carbonyl (C=O) groups is 2. The Bertz CT molecular complexity index is 1500. The minimum absolute atomic E-state index is 0.00150. The maximum Gasteiger partial charge on any atom is 0.294 e. The highest BCUT2D eigenvalue weighted by Crippen LogP contribution is 2.44. The Hall–Kier alpha value is -4.52. The predicted octanol–water partition coefficient (Wildman–Crippen LogP) is 5.54. The number of carbonyl (C=O) groups excluding carboxylic acids is 2. The van der Waals surface area contributed by atoms with Crippen LogP contribution in [0, 0.1) is 6.92 Å². The minimum atomic E-state index is -0.888. The number of benzene rings is 3. The zero-order chi connectivity index (χ0) is 24.7. The Balaban J connectivity index is 1.69. The third-order valence-electron chi connectivity index (χ3n) is 6.19. The molecule has 0 radical (unpaired) electrons. The van der Waals surface area contributed by atoms with Crippen molar-refractivity contribution in [2.24, 2.45) is 0 Å². The van der Waals surface area contributed by atoms with Gasteiger partial charge in [0, 0.05) is 11.1 Å². The summed E-state index contributed by atoms with van der Waals surface area (Å²) in [7, 11) is 3.06. The molecule has 2 heterocycles. The lowest BCUT2D eigenvalue weighted by atomic mass is 9.94. The monoisotopic (exact) mass is 469 g/mol. The smallest absolute Gasteiger partial charge is 0.294 e. The number of furan rings is 1. The van der Waals surface area contributed by atoms with E-state index in [1.807, 2.05) is 19.1 Å². The molecule has 176 valence electrons. The Labute approximate surface area is 201 Å². The number of hydrogen-bond donors (Lipinski definition) is 1. The van der Waals surface area contributed by atoms with Crippen LogP contribution >= 0.6 is 0 Å². The van der Waals surface area contributed by atoms with Crippen molar-refractivity contribution in [3.8, 4) is 11.5 Å². The molecule has 0 bridgehead atoms. The first-order valence-electron chi connectivity index (χ1n) is 11.0. The molecule has 1 aliphatic rings. The summed E-state index contributed by atoms with van der Waals surface area (Å²) in [6.45, 7) is 1.87. The molecule has 0 saturated carbocycles. The molecule has 1 aromatic heterocycles. The average molecular weight is 469 g/mol. The first kappa shape index (κ1) is 22.3. The van der Waals surface area contributed by atoms with Crippen LogP contribution < -0.4 is 14.4 Å². The average Bonchev–Trinajstić information content (AvgIpc) is 3.43. The molecule has 0 aliphatic carbocycles. The van der Waals surface area contributed by atoms with Gasteiger partial charge in [-0.25, -0.2) is 0 Å². The summed E-state index contributed by atoms with van der Waals surface area (Å²) in [6.07, 6.45) is 0. The van der Waals surface area contributed by atoms with Crippen LogP contribution in [-0.2, 0) is 4.79 Å². The fourth-order valence-electron chi connectivity index (χ4n) is 4.49. The van der Waals surface area contributed by atoms with E-state index < -0.39 is 23.5 Å². The number of amides is 1. The van der Waals surface area contributed by atoms with Crippen LogP contribution in [0.5, 0.6) is 11.5 Å². The lowest BCUT2D eigenvalue weighted by Crippen LogP contribution is -2.31. The van der Waals surface area contributed by atoms with Gasteiger partial charge in [0.2, 0.25) is 5.78 Å². The van der Waals surface area contributed by atoms with E-state index >= 15 is 0 Å². The molecule has 0 fully saturated rings. The van der Waals surface area contributed by atoms with E-state index in [2.05, 4.69) is 0 Å². The fourth-order valence-corrected chi connectivity index (χ4v) is 4.49. The Kier molecular flexibility index (Phi) is 5.53. The Morgan fingerprint density at radius 2 is 1.74 bits per heavy atom. The fraction of sp³-hybridized carbons (Fsp3) is 0.143. The van der Waals surface area contributed by atoms with Crippen molar-refractivity contribution in [1.82, 2.24) is 0 Å². The number of aryl methyl sites for hydroxylation is 1. The molecule has 1 aliphatic heterocycles. The number of anilines is 1. The number of Topliss-reactive ketones (excluding diaryl/α,β-unsaturated/α-hetero) is 1. The molecule has 1 N–H and O–H groups in total. The third kappa shape index (κ3) is 3.61. The van der Waals surface area contributed by atoms with Crippen molar-refractivity contribution >= 4 is 28.3 Å². The second kappa shape index (κ2) is 8.68. The Morgan fingerprint density at radius 3 is 2.49 bits per heavy atom. The molecule has 7 nitrogen and oxygen atoms in total. The summed E-state index contributed by atoms with van der Waals surface area (Å²) in [6, 6.07) is 20.4. The third-order valence-corrected chi connectivity index (χ3v) is 6.19. The molecule has 1 unspecified atom stereocenters. The van der Waals surface area contributed by atoms with Crippen LogP contribution in [0.1, 0.15) is 27.7 Å². The molecule has 4 aromatic rings. The van der Waals surface area contributed by atoms with Crippen molar-refractivity contribution in [2.45, 2.75) is 13.0 Å². The van der Waals surface area contributed by atoms with Gasteiger partial charge in [-0.2, -0.15) is 0 Å². The lowest BCUT2D eigenvalue weighted by Gasteiger charge is -2.28. The molecule has 0 saturated heterocycles. The van der Waals surface area contributed by atoms with Gasteiger partial charge in [0.25, 0.3) is 5.91 Å². The largest absolute Gasteiger partial charge is 0.503 e. The van der Waals surface area contributed by atoms with E-state index in [1.165, 1.54) is 12.0 Å². The minimum Gasteiger partial charge on any atom is -0.503 e. The molecular weight excluding hydrogens is 446 g/mol. The number of aliphatic hydroxyl groups excluding tert-OH is 1. The number of nitrogens with zero attached hydrogens (tertiary/aromatic N) is 1. The van der Waals surface area contributed by atoms with E-state index in [4.69, 9.17) is 13.9 Å². The second-order valence-electron chi connectivity index (χ2n) is 8.22. The number of ether oxygens (including phenoxy) is 2. The predicted molar refractivity (Wildman–Crippen MR) is 131 cm³/mol. The second-order valence-corrected chi connectivity index (χ2v) is 8.22. The van der Waals surface area contributed by atoms with Crippen molar-refractivity contribution in [3.05, 3.63) is 101 Å². The lowest BCUT2D eigenvalue weighted by molar-refractivity contribution is -0.117. The number of ketones is 1. The van der Waals surface area contributed by atoms with E-state index in [9.17, 15) is 14.7 Å². The van der Waals surface area contributed by atoms with Gasteiger partial charge in [-0.15, -0.1) is 0 Å². The van der Waals surface area contributed by atoms with E-state index in [1.54, 1.807) is 67.8 Å². The zero-order valence-electron chi connectivity index (χ0n) is 19.4. The van der Waals surface area contributed by atoms with Crippen LogP contribution in [0.2, 0.25) is 0 Å². The van der Waals surface area contributed by atoms with Gasteiger partial charge in [0.05, 0.1) is 25.8 Å². The summed E-state index contributed by atoms with van der Waals surface area (Å²) in [5, 5.41) is 11.7. The quantitative estimate of drug-likeness (QED) is 0.373. The van der Waals surface area contributed by atoms with Crippen LogP contribution in [0.4, 0.5) is 5.69 Å². The summed E-state index contributed by atoms with van der Waals surface area (Å²) >= 11 is 0. The summed E-state index contributed by atoms with van der Waals surface area (Å²) < 4.78 is 16.6. The highest BCUT2D eigenvalue weighted by molar-refractivity contribution is 6.21.